The van der Waals surface area contributed by atoms with E-state index >= 15 is 0 Å². The predicted molar refractivity (Wildman–Crippen MR) is 96.4 cm³/mol. The molecule has 0 aliphatic heterocycles. The minimum atomic E-state index is -0.129. The Morgan fingerprint density at radius 1 is 1.50 bits per heavy atom. The Balaban J connectivity index is 2.21. The van der Waals surface area contributed by atoms with Gasteiger partial charge >= 0.3 is 0 Å². The summed E-state index contributed by atoms with van der Waals surface area (Å²) in [6.07, 6.45) is 1.64. The first-order valence-electron chi connectivity index (χ1n) is 7.58. The van der Waals surface area contributed by atoms with Crippen LogP contribution in [-0.4, -0.2) is 41.0 Å². The SMILES string of the molecule is C=CCn1c(SCC(=O)NC(C)COC)nc2ccccc2c1=O. The van der Waals surface area contributed by atoms with Gasteiger partial charge in [-0.15, -0.1) is 6.58 Å². The highest BCUT2D eigenvalue weighted by Gasteiger charge is 2.13. The van der Waals surface area contributed by atoms with Crippen LogP contribution in [0.1, 0.15) is 6.92 Å². The lowest BCUT2D eigenvalue weighted by Gasteiger charge is -2.14. The molecule has 7 heteroatoms. The van der Waals surface area contributed by atoms with Gasteiger partial charge in [-0.05, 0) is 19.1 Å². The third-order valence-electron chi connectivity index (χ3n) is 3.29. The lowest BCUT2D eigenvalue weighted by Crippen LogP contribution is -2.36. The Morgan fingerprint density at radius 2 is 2.25 bits per heavy atom. The van der Waals surface area contributed by atoms with Crippen molar-refractivity contribution in [3.8, 4) is 0 Å². The molecule has 2 rings (SSSR count). The van der Waals surface area contributed by atoms with Crippen LogP contribution < -0.4 is 10.9 Å². The fourth-order valence-electron chi connectivity index (χ4n) is 2.29. The Kier molecular flexibility index (Phi) is 6.57. The molecule has 1 atom stereocenters. The van der Waals surface area contributed by atoms with Crippen molar-refractivity contribution in [1.29, 1.82) is 0 Å². The first kappa shape index (κ1) is 18.2. The summed E-state index contributed by atoms with van der Waals surface area (Å²) in [5.74, 6) is 0.0489. The monoisotopic (exact) mass is 347 g/mol. The average molecular weight is 347 g/mol. The lowest BCUT2D eigenvalue weighted by molar-refractivity contribution is -0.119. The summed E-state index contributed by atoms with van der Waals surface area (Å²) >= 11 is 1.24. The number of nitrogens with zero attached hydrogens (tertiary/aromatic N) is 2. The summed E-state index contributed by atoms with van der Waals surface area (Å²) in [5.41, 5.74) is 0.495. The van der Waals surface area contributed by atoms with Gasteiger partial charge in [0.25, 0.3) is 5.56 Å². The summed E-state index contributed by atoms with van der Waals surface area (Å²) in [4.78, 5) is 29.1. The molecule has 0 fully saturated rings. The lowest BCUT2D eigenvalue weighted by atomic mass is 10.2. The number of carbonyl (C=O) groups is 1. The quantitative estimate of drug-likeness (QED) is 0.448. The van der Waals surface area contributed by atoms with E-state index in [9.17, 15) is 9.59 Å². The molecule has 1 N–H and O–H groups in total. The molecule has 0 radical (unpaired) electrons. The van der Waals surface area contributed by atoms with E-state index < -0.39 is 0 Å². The van der Waals surface area contributed by atoms with Gasteiger partial charge in [-0.3, -0.25) is 14.2 Å². The van der Waals surface area contributed by atoms with Gasteiger partial charge in [-0.2, -0.15) is 0 Å². The number of ether oxygens (including phenoxy) is 1. The van der Waals surface area contributed by atoms with Gasteiger partial charge in [0, 0.05) is 19.7 Å². The Bertz CT molecular complexity index is 788. The molecular weight excluding hydrogens is 326 g/mol. The van der Waals surface area contributed by atoms with Gasteiger partial charge in [0.1, 0.15) is 0 Å². The van der Waals surface area contributed by atoms with Crippen LogP contribution in [0, 0.1) is 0 Å². The third kappa shape index (κ3) is 4.46. The summed E-state index contributed by atoms with van der Waals surface area (Å²) in [7, 11) is 1.59. The van der Waals surface area contributed by atoms with Crippen LogP contribution >= 0.6 is 11.8 Å². The molecule has 6 nitrogen and oxygen atoms in total. The van der Waals surface area contributed by atoms with Crippen LogP contribution in [0.5, 0.6) is 0 Å². The van der Waals surface area contributed by atoms with Crippen molar-refractivity contribution in [2.45, 2.75) is 24.7 Å². The molecular formula is C17H21N3O3S. The maximum absolute atomic E-state index is 12.6. The minimum Gasteiger partial charge on any atom is -0.383 e. The largest absolute Gasteiger partial charge is 0.383 e. The number of rotatable bonds is 8. The average Bonchev–Trinajstić information content (AvgIpc) is 2.56. The molecule has 1 unspecified atom stereocenters. The van der Waals surface area contributed by atoms with Crippen LogP contribution in [0.4, 0.5) is 0 Å². The van der Waals surface area contributed by atoms with Crippen LogP contribution in [0.25, 0.3) is 10.9 Å². The van der Waals surface area contributed by atoms with E-state index in [2.05, 4.69) is 16.9 Å². The number of hydrogen-bond donors (Lipinski definition) is 1. The zero-order valence-electron chi connectivity index (χ0n) is 13.8. The molecule has 0 saturated carbocycles. The molecule has 0 spiro atoms. The summed E-state index contributed by atoms with van der Waals surface area (Å²) < 4.78 is 6.53. The Labute approximate surface area is 144 Å². The van der Waals surface area contributed by atoms with Crippen molar-refractivity contribution in [2.75, 3.05) is 19.5 Å². The van der Waals surface area contributed by atoms with Crippen molar-refractivity contribution in [3.63, 3.8) is 0 Å². The highest BCUT2D eigenvalue weighted by atomic mass is 32.2. The Morgan fingerprint density at radius 3 is 2.96 bits per heavy atom. The number of fused-ring (bicyclic) bond motifs is 1. The molecule has 0 saturated heterocycles. The number of hydrogen-bond acceptors (Lipinski definition) is 5. The van der Waals surface area contributed by atoms with E-state index in [1.807, 2.05) is 13.0 Å². The van der Waals surface area contributed by atoms with E-state index in [0.717, 1.165) is 0 Å². The second-order valence-electron chi connectivity index (χ2n) is 5.33. The number of thioether (sulfide) groups is 1. The first-order chi connectivity index (χ1) is 11.6. The topological polar surface area (TPSA) is 73.2 Å². The van der Waals surface area contributed by atoms with Gasteiger partial charge in [-0.1, -0.05) is 30.0 Å². The van der Waals surface area contributed by atoms with E-state index in [0.29, 0.717) is 29.2 Å². The number of aromatic nitrogens is 2. The molecule has 1 aromatic carbocycles. The number of carbonyl (C=O) groups excluding carboxylic acids is 1. The van der Waals surface area contributed by atoms with E-state index in [-0.39, 0.29) is 23.3 Å². The van der Waals surface area contributed by atoms with Gasteiger partial charge < -0.3 is 10.1 Å². The number of amides is 1. The van der Waals surface area contributed by atoms with Gasteiger partial charge in [0.15, 0.2) is 5.16 Å². The van der Waals surface area contributed by atoms with Crippen molar-refractivity contribution in [2.24, 2.45) is 0 Å². The molecule has 2 aromatic rings. The normalized spacial score (nSPS) is 12.1. The molecule has 1 amide bonds. The fourth-order valence-corrected chi connectivity index (χ4v) is 3.11. The van der Waals surface area contributed by atoms with Crippen LogP contribution in [0.15, 0.2) is 46.9 Å². The summed E-state index contributed by atoms with van der Waals surface area (Å²) in [6, 6.07) is 7.11. The van der Waals surface area contributed by atoms with Crippen LogP contribution in [-0.2, 0) is 16.1 Å². The molecule has 0 aliphatic rings. The highest BCUT2D eigenvalue weighted by Crippen LogP contribution is 2.17. The molecule has 24 heavy (non-hydrogen) atoms. The first-order valence-corrected chi connectivity index (χ1v) is 8.57. The number of para-hydroxylation sites is 1. The standard InChI is InChI=1S/C17H21N3O3S/c1-4-9-20-16(22)13-7-5-6-8-14(13)19-17(20)24-11-15(21)18-12(2)10-23-3/h4-8,12H,1,9-11H2,2-3H3,(H,18,21). The smallest absolute Gasteiger partial charge is 0.262 e. The molecule has 128 valence electrons. The van der Waals surface area contributed by atoms with Crippen molar-refractivity contribution < 1.29 is 9.53 Å². The zero-order valence-corrected chi connectivity index (χ0v) is 14.6. The van der Waals surface area contributed by atoms with E-state index in [1.165, 1.54) is 16.3 Å². The number of benzene rings is 1. The summed E-state index contributed by atoms with van der Waals surface area (Å²) in [5, 5.41) is 3.90. The van der Waals surface area contributed by atoms with Crippen molar-refractivity contribution in [3.05, 3.63) is 47.3 Å². The maximum Gasteiger partial charge on any atom is 0.262 e. The summed E-state index contributed by atoms with van der Waals surface area (Å²) in [6.45, 7) is 6.35. The third-order valence-corrected chi connectivity index (χ3v) is 4.27. The molecule has 1 aromatic heterocycles. The number of allylic oxidation sites excluding steroid dienone is 1. The number of nitrogens with one attached hydrogen (secondary N) is 1. The number of methoxy groups -OCH3 is 1. The van der Waals surface area contributed by atoms with Gasteiger partial charge in [0.05, 0.1) is 23.3 Å². The highest BCUT2D eigenvalue weighted by molar-refractivity contribution is 7.99. The minimum absolute atomic E-state index is 0.0666. The van der Waals surface area contributed by atoms with E-state index in [4.69, 9.17) is 4.74 Å². The van der Waals surface area contributed by atoms with Crippen molar-refractivity contribution in [1.82, 2.24) is 14.9 Å². The molecule has 0 aliphatic carbocycles. The predicted octanol–water partition coefficient (Wildman–Crippen LogP) is 1.83. The maximum atomic E-state index is 12.6. The van der Waals surface area contributed by atoms with E-state index in [1.54, 1.807) is 31.4 Å². The van der Waals surface area contributed by atoms with Crippen LogP contribution in [0.3, 0.4) is 0 Å². The Hall–Kier alpha value is -2.12. The second-order valence-corrected chi connectivity index (χ2v) is 6.27. The van der Waals surface area contributed by atoms with Gasteiger partial charge in [-0.25, -0.2) is 4.98 Å². The van der Waals surface area contributed by atoms with Crippen molar-refractivity contribution >= 4 is 28.6 Å². The molecule has 0 bridgehead atoms. The second kappa shape index (κ2) is 8.65. The van der Waals surface area contributed by atoms with Crippen LogP contribution in [0.2, 0.25) is 0 Å². The zero-order chi connectivity index (χ0) is 17.5. The molecule has 1 heterocycles. The van der Waals surface area contributed by atoms with Gasteiger partial charge in [0.2, 0.25) is 5.91 Å². The fraction of sp³-hybridized carbons (Fsp3) is 0.353.